The van der Waals surface area contributed by atoms with E-state index >= 15 is 0 Å². The van der Waals surface area contributed by atoms with Crippen molar-refractivity contribution in [1.29, 1.82) is 0 Å². The molecule has 8 nitrogen and oxygen atoms in total. The number of carbonyl (C=O) groups is 1. The lowest BCUT2D eigenvalue weighted by Gasteiger charge is -2.12. The van der Waals surface area contributed by atoms with Crippen LogP contribution in [0.1, 0.15) is 0 Å². The minimum absolute atomic E-state index is 0.0432. The van der Waals surface area contributed by atoms with E-state index < -0.39 is 0 Å². The minimum Gasteiger partial charge on any atom is -0.467 e. The SMILES string of the molecule is COc1nc(Cl)nc(NCCNC(=O)N(C)C)n1. The first-order chi connectivity index (χ1) is 8.52. The molecule has 0 unspecified atom stereocenters. The number of urea groups is 1. The van der Waals surface area contributed by atoms with Gasteiger partial charge < -0.3 is 20.3 Å². The quantitative estimate of drug-likeness (QED) is 0.746. The minimum atomic E-state index is -0.164. The van der Waals surface area contributed by atoms with Crippen LogP contribution in [0, 0.1) is 0 Å². The molecule has 1 aromatic rings. The van der Waals surface area contributed by atoms with Crippen LogP contribution < -0.4 is 15.4 Å². The highest BCUT2D eigenvalue weighted by Crippen LogP contribution is 2.09. The second-order valence-corrected chi connectivity index (χ2v) is 3.81. The van der Waals surface area contributed by atoms with E-state index in [4.69, 9.17) is 16.3 Å². The Kier molecular flexibility index (Phi) is 5.37. The number of nitrogens with zero attached hydrogens (tertiary/aromatic N) is 4. The van der Waals surface area contributed by atoms with Gasteiger partial charge in [0, 0.05) is 27.2 Å². The van der Waals surface area contributed by atoms with E-state index in [1.165, 1.54) is 12.0 Å². The lowest BCUT2D eigenvalue weighted by atomic mass is 10.6. The van der Waals surface area contributed by atoms with Crippen molar-refractivity contribution in [1.82, 2.24) is 25.2 Å². The lowest BCUT2D eigenvalue weighted by molar-refractivity contribution is 0.218. The molecule has 0 aliphatic rings. The molecule has 1 rings (SSSR count). The number of amides is 2. The Morgan fingerprint density at radius 3 is 2.67 bits per heavy atom. The number of carbonyl (C=O) groups excluding carboxylic acids is 1. The van der Waals surface area contributed by atoms with E-state index in [0.717, 1.165) is 0 Å². The molecule has 9 heteroatoms. The van der Waals surface area contributed by atoms with Gasteiger partial charge in [-0.15, -0.1) is 0 Å². The van der Waals surface area contributed by atoms with E-state index in [9.17, 15) is 4.79 Å². The van der Waals surface area contributed by atoms with E-state index in [0.29, 0.717) is 19.0 Å². The van der Waals surface area contributed by atoms with Gasteiger partial charge in [-0.2, -0.15) is 15.0 Å². The zero-order valence-corrected chi connectivity index (χ0v) is 11.2. The Hall–Kier alpha value is -1.83. The van der Waals surface area contributed by atoms with Crippen molar-refractivity contribution in [2.45, 2.75) is 0 Å². The Labute approximate surface area is 110 Å². The van der Waals surface area contributed by atoms with Gasteiger partial charge in [-0.1, -0.05) is 0 Å². The van der Waals surface area contributed by atoms with Gasteiger partial charge in [0.05, 0.1) is 7.11 Å². The lowest BCUT2D eigenvalue weighted by Crippen LogP contribution is -2.37. The highest BCUT2D eigenvalue weighted by Gasteiger charge is 2.05. The van der Waals surface area contributed by atoms with E-state index in [1.807, 2.05) is 0 Å². The fourth-order valence-electron chi connectivity index (χ4n) is 1.00. The summed E-state index contributed by atoms with van der Waals surface area (Å²) < 4.78 is 4.85. The predicted octanol–water partition coefficient (Wildman–Crippen LogP) is 0.217. The largest absolute Gasteiger partial charge is 0.467 e. The highest BCUT2D eigenvalue weighted by atomic mass is 35.5. The molecule has 0 fully saturated rings. The number of ether oxygens (including phenoxy) is 1. The fraction of sp³-hybridized carbons (Fsp3) is 0.556. The van der Waals surface area contributed by atoms with Crippen LogP contribution in [0.15, 0.2) is 0 Å². The van der Waals surface area contributed by atoms with Crippen molar-refractivity contribution in [3.63, 3.8) is 0 Å². The molecular weight excluding hydrogens is 260 g/mol. The number of methoxy groups -OCH3 is 1. The summed E-state index contributed by atoms with van der Waals surface area (Å²) in [6.45, 7) is 0.895. The van der Waals surface area contributed by atoms with Crippen LogP contribution in [0.25, 0.3) is 0 Å². The van der Waals surface area contributed by atoms with Crippen molar-refractivity contribution < 1.29 is 9.53 Å². The monoisotopic (exact) mass is 274 g/mol. The number of anilines is 1. The average Bonchev–Trinajstić information content (AvgIpc) is 2.33. The summed E-state index contributed by atoms with van der Waals surface area (Å²) in [5.41, 5.74) is 0. The van der Waals surface area contributed by atoms with Crippen LogP contribution in [0.5, 0.6) is 6.01 Å². The molecular formula is C9H15ClN6O2. The normalized spacial score (nSPS) is 9.78. The molecule has 0 saturated heterocycles. The van der Waals surface area contributed by atoms with Crippen molar-refractivity contribution >= 4 is 23.6 Å². The maximum Gasteiger partial charge on any atom is 0.322 e. The molecule has 2 N–H and O–H groups in total. The fourth-order valence-corrected chi connectivity index (χ4v) is 1.16. The average molecular weight is 275 g/mol. The molecule has 0 spiro atoms. The molecule has 2 amide bonds. The molecule has 0 bridgehead atoms. The third-order valence-corrected chi connectivity index (χ3v) is 2.03. The molecule has 0 aliphatic carbocycles. The topological polar surface area (TPSA) is 92.3 Å². The third-order valence-electron chi connectivity index (χ3n) is 1.86. The van der Waals surface area contributed by atoms with Crippen molar-refractivity contribution in [3.05, 3.63) is 5.28 Å². The zero-order chi connectivity index (χ0) is 13.5. The van der Waals surface area contributed by atoms with Crippen molar-refractivity contribution in [2.75, 3.05) is 39.6 Å². The van der Waals surface area contributed by atoms with Crippen molar-refractivity contribution in [3.8, 4) is 6.01 Å². The number of rotatable bonds is 5. The van der Waals surface area contributed by atoms with Crippen LogP contribution >= 0.6 is 11.6 Å². The Morgan fingerprint density at radius 1 is 1.33 bits per heavy atom. The van der Waals surface area contributed by atoms with E-state index in [-0.39, 0.29) is 17.3 Å². The van der Waals surface area contributed by atoms with E-state index in [2.05, 4.69) is 25.6 Å². The Balaban J connectivity index is 2.39. The molecule has 100 valence electrons. The molecule has 1 heterocycles. The summed E-state index contributed by atoms with van der Waals surface area (Å²) in [5.74, 6) is 0.297. The first-order valence-corrected chi connectivity index (χ1v) is 5.55. The number of hydrogen-bond acceptors (Lipinski definition) is 6. The predicted molar refractivity (Wildman–Crippen MR) is 67.0 cm³/mol. The van der Waals surface area contributed by atoms with Crippen LogP contribution in [-0.2, 0) is 0 Å². The smallest absolute Gasteiger partial charge is 0.322 e. The van der Waals surface area contributed by atoms with Crippen LogP contribution in [0.4, 0.5) is 10.7 Å². The van der Waals surface area contributed by atoms with Gasteiger partial charge in [0.25, 0.3) is 0 Å². The van der Waals surface area contributed by atoms with Gasteiger partial charge >= 0.3 is 12.0 Å². The summed E-state index contributed by atoms with van der Waals surface area (Å²) in [6.07, 6.45) is 0. The summed E-state index contributed by atoms with van der Waals surface area (Å²) in [4.78, 5) is 24.2. The van der Waals surface area contributed by atoms with Gasteiger partial charge in [0.2, 0.25) is 11.2 Å². The summed E-state index contributed by atoms with van der Waals surface area (Å²) in [5, 5.41) is 5.62. The van der Waals surface area contributed by atoms with Gasteiger partial charge in [0.15, 0.2) is 0 Å². The second kappa shape index (κ2) is 6.80. The highest BCUT2D eigenvalue weighted by molar-refractivity contribution is 6.28. The maximum absolute atomic E-state index is 11.2. The Morgan fingerprint density at radius 2 is 2.06 bits per heavy atom. The standard InChI is InChI=1S/C9H15ClN6O2/c1-16(2)9(17)12-5-4-11-7-13-6(10)14-8(15-7)18-3/h4-5H2,1-3H3,(H,12,17)(H,11,13,14,15). The van der Waals surface area contributed by atoms with Crippen LogP contribution in [0.2, 0.25) is 5.28 Å². The first kappa shape index (κ1) is 14.2. The van der Waals surface area contributed by atoms with E-state index in [1.54, 1.807) is 14.1 Å². The van der Waals surface area contributed by atoms with Gasteiger partial charge in [0.1, 0.15) is 0 Å². The number of halogens is 1. The third kappa shape index (κ3) is 4.58. The Bertz CT molecular complexity index is 414. The second-order valence-electron chi connectivity index (χ2n) is 3.47. The number of aromatic nitrogens is 3. The van der Waals surface area contributed by atoms with Gasteiger partial charge in [-0.05, 0) is 11.6 Å². The summed E-state index contributed by atoms with van der Waals surface area (Å²) in [7, 11) is 4.77. The molecule has 0 atom stereocenters. The first-order valence-electron chi connectivity index (χ1n) is 5.17. The molecule has 1 aromatic heterocycles. The number of nitrogens with one attached hydrogen (secondary N) is 2. The molecule has 18 heavy (non-hydrogen) atoms. The van der Waals surface area contributed by atoms with Crippen molar-refractivity contribution in [2.24, 2.45) is 0 Å². The molecule has 0 aliphatic heterocycles. The number of hydrogen-bond donors (Lipinski definition) is 2. The van der Waals surface area contributed by atoms with Crippen LogP contribution in [-0.4, -0.2) is 60.2 Å². The van der Waals surface area contributed by atoms with Gasteiger partial charge in [-0.3, -0.25) is 0 Å². The zero-order valence-electron chi connectivity index (χ0n) is 10.4. The molecule has 0 saturated carbocycles. The summed E-state index contributed by atoms with van der Waals surface area (Å²) >= 11 is 5.67. The summed E-state index contributed by atoms with van der Waals surface area (Å²) in [6, 6.07) is -0.0297. The maximum atomic E-state index is 11.2. The van der Waals surface area contributed by atoms with Gasteiger partial charge in [-0.25, -0.2) is 4.79 Å². The molecule has 0 radical (unpaired) electrons. The molecule has 0 aromatic carbocycles. The van der Waals surface area contributed by atoms with Crippen LogP contribution in [0.3, 0.4) is 0 Å².